The van der Waals surface area contributed by atoms with Crippen LogP contribution in [0.3, 0.4) is 0 Å². The maximum atomic E-state index is 13.1. The maximum absolute atomic E-state index is 13.1. The molecule has 0 aliphatic heterocycles. The van der Waals surface area contributed by atoms with Crippen LogP contribution in [0.25, 0.3) is 0 Å². The summed E-state index contributed by atoms with van der Waals surface area (Å²) in [6.07, 6.45) is 0. The molecular formula is C13H12F2N2. The number of rotatable bonds is 3. The van der Waals surface area contributed by atoms with Crippen molar-refractivity contribution in [3.8, 4) is 0 Å². The minimum absolute atomic E-state index is 0.190. The lowest BCUT2D eigenvalue weighted by atomic mass is 10.2. The number of halogens is 2. The highest BCUT2D eigenvalue weighted by atomic mass is 19.1. The molecule has 0 aliphatic rings. The van der Waals surface area contributed by atoms with E-state index >= 15 is 0 Å². The Kier molecular flexibility index (Phi) is 3.35. The molecule has 0 saturated heterocycles. The Morgan fingerprint density at radius 1 is 0.882 bits per heavy atom. The molecule has 0 heterocycles. The first-order valence-corrected chi connectivity index (χ1v) is 5.19. The molecule has 0 radical (unpaired) electrons. The molecule has 17 heavy (non-hydrogen) atoms. The van der Waals surface area contributed by atoms with Crippen molar-refractivity contribution in [3.05, 3.63) is 60.2 Å². The molecule has 0 atom stereocenters. The lowest BCUT2D eigenvalue weighted by molar-refractivity contribution is 0.626. The van der Waals surface area contributed by atoms with E-state index in [1.165, 1.54) is 24.3 Å². The standard InChI is InChI=1S/C13H12F2N2/c14-10-4-6-12(7-5-10)17(9-16)13-3-1-2-11(15)8-13/h1-8H,9,16H2. The molecular weight excluding hydrogens is 222 g/mol. The molecule has 2 N–H and O–H groups in total. The summed E-state index contributed by atoms with van der Waals surface area (Å²) in [6.45, 7) is 0.190. The average Bonchev–Trinajstić information content (AvgIpc) is 2.33. The van der Waals surface area contributed by atoms with Gasteiger partial charge < -0.3 is 10.6 Å². The van der Waals surface area contributed by atoms with Gasteiger partial charge in [0.25, 0.3) is 0 Å². The van der Waals surface area contributed by atoms with Crippen LogP contribution in [-0.4, -0.2) is 6.67 Å². The van der Waals surface area contributed by atoms with Gasteiger partial charge in [-0.05, 0) is 42.5 Å². The van der Waals surface area contributed by atoms with E-state index in [4.69, 9.17) is 5.73 Å². The Hall–Kier alpha value is -1.94. The van der Waals surface area contributed by atoms with Gasteiger partial charge in [0.05, 0.1) is 6.67 Å². The van der Waals surface area contributed by atoms with E-state index in [0.29, 0.717) is 5.69 Å². The highest BCUT2D eigenvalue weighted by Crippen LogP contribution is 2.24. The van der Waals surface area contributed by atoms with E-state index in [-0.39, 0.29) is 18.3 Å². The molecule has 4 heteroatoms. The fourth-order valence-corrected chi connectivity index (χ4v) is 1.62. The smallest absolute Gasteiger partial charge is 0.125 e. The van der Waals surface area contributed by atoms with Crippen molar-refractivity contribution in [3.63, 3.8) is 0 Å². The van der Waals surface area contributed by atoms with Crippen molar-refractivity contribution in [1.82, 2.24) is 0 Å². The molecule has 88 valence electrons. The van der Waals surface area contributed by atoms with Gasteiger partial charge in [-0.2, -0.15) is 0 Å². The Labute approximate surface area is 98.3 Å². The molecule has 0 saturated carbocycles. The largest absolute Gasteiger partial charge is 0.328 e. The molecule has 0 bridgehead atoms. The van der Waals surface area contributed by atoms with E-state index in [9.17, 15) is 8.78 Å². The van der Waals surface area contributed by atoms with Crippen LogP contribution in [0.15, 0.2) is 48.5 Å². The highest BCUT2D eigenvalue weighted by Gasteiger charge is 2.07. The summed E-state index contributed by atoms with van der Waals surface area (Å²) < 4.78 is 25.9. The van der Waals surface area contributed by atoms with Crippen molar-refractivity contribution < 1.29 is 8.78 Å². The SMILES string of the molecule is NCN(c1ccc(F)cc1)c1cccc(F)c1. The third-order valence-electron chi connectivity index (χ3n) is 2.44. The van der Waals surface area contributed by atoms with Crippen LogP contribution < -0.4 is 10.6 Å². The average molecular weight is 234 g/mol. The number of anilines is 2. The van der Waals surface area contributed by atoms with Crippen molar-refractivity contribution in [1.29, 1.82) is 0 Å². The fourth-order valence-electron chi connectivity index (χ4n) is 1.62. The summed E-state index contributed by atoms with van der Waals surface area (Å²) in [7, 11) is 0. The summed E-state index contributed by atoms with van der Waals surface area (Å²) in [5.74, 6) is -0.645. The lowest BCUT2D eigenvalue weighted by Gasteiger charge is -2.22. The topological polar surface area (TPSA) is 29.3 Å². The molecule has 0 aliphatic carbocycles. The molecule has 2 aromatic rings. The molecule has 2 aromatic carbocycles. The number of nitrogens with two attached hydrogens (primary N) is 1. The fraction of sp³-hybridized carbons (Fsp3) is 0.0769. The van der Waals surface area contributed by atoms with Crippen LogP contribution in [0.2, 0.25) is 0 Å². The van der Waals surface area contributed by atoms with Crippen LogP contribution in [0, 0.1) is 11.6 Å². The van der Waals surface area contributed by atoms with Gasteiger partial charge >= 0.3 is 0 Å². The van der Waals surface area contributed by atoms with Gasteiger partial charge in [0.2, 0.25) is 0 Å². The third kappa shape index (κ3) is 2.60. The van der Waals surface area contributed by atoms with E-state index in [2.05, 4.69) is 0 Å². The van der Waals surface area contributed by atoms with E-state index in [1.54, 1.807) is 29.2 Å². The monoisotopic (exact) mass is 234 g/mol. The predicted octanol–water partition coefficient (Wildman–Crippen LogP) is 3.02. The molecule has 2 rings (SSSR count). The molecule has 0 amide bonds. The normalized spacial score (nSPS) is 10.3. The predicted molar refractivity (Wildman–Crippen MR) is 64.0 cm³/mol. The summed E-state index contributed by atoms with van der Waals surface area (Å²) in [5, 5.41) is 0. The molecule has 0 unspecified atom stereocenters. The van der Waals surface area contributed by atoms with Crippen LogP contribution in [0.4, 0.5) is 20.2 Å². The molecule has 0 fully saturated rings. The number of nitrogens with zero attached hydrogens (tertiary/aromatic N) is 1. The van der Waals surface area contributed by atoms with Crippen molar-refractivity contribution in [2.45, 2.75) is 0 Å². The summed E-state index contributed by atoms with van der Waals surface area (Å²) >= 11 is 0. The van der Waals surface area contributed by atoms with Crippen LogP contribution in [0.5, 0.6) is 0 Å². The minimum Gasteiger partial charge on any atom is -0.328 e. The third-order valence-corrected chi connectivity index (χ3v) is 2.44. The van der Waals surface area contributed by atoms with Crippen molar-refractivity contribution >= 4 is 11.4 Å². The highest BCUT2D eigenvalue weighted by molar-refractivity contribution is 5.62. The first-order valence-electron chi connectivity index (χ1n) is 5.19. The summed E-state index contributed by atoms with van der Waals surface area (Å²) in [4.78, 5) is 1.70. The zero-order chi connectivity index (χ0) is 12.3. The minimum atomic E-state index is -0.330. The van der Waals surface area contributed by atoms with Gasteiger partial charge in [-0.25, -0.2) is 8.78 Å². The van der Waals surface area contributed by atoms with E-state index in [0.717, 1.165) is 5.69 Å². The van der Waals surface area contributed by atoms with E-state index < -0.39 is 0 Å². The first-order chi connectivity index (χ1) is 8.20. The summed E-state index contributed by atoms with van der Waals surface area (Å²) in [6, 6.07) is 12.0. The molecule has 2 nitrogen and oxygen atoms in total. The number of hydrogen-bond donors (Lipinski definition) is 1. The van der Waals surface area contributed by atoms with Gasteiger partial charge in [0.1, 0.15) is 11.6 Å². The van der Waals surface area contributed by atoms with Crippen LogP contribution >= 0.6 is 0 Å². The Morgan fingerprint density at radius 2 is 1.59 bits per heavy atom. The van der Waals surface area contributed by atoms with E-state index in [1.807, 2.05) is 0 Å². The second-order valence-corrected chi connectivity index (χ2v) is 3.57. The van der Waals surface area contributed by atoms with Crippen LogP contribution in [0.1, 0.15) is 0 Å². The Balaban J connectivity index is 2.36. The van der Waals surface area contributed by atoms with Gasteiger partial charge in [-0.1, -0.05) is 6.07 Å². The first kappa shape index (κ1) is 11.5. The van der Waals surface area contributed by atoms with Crippen molar-refractivity contribution in [2.24, 2.45) is 5.73 Å². The van der Waals surface area contributed by atoms with Crippen molar-refractivity contribution in [2.75, 3.05) is 11.6 Å². The zero-order valence-corrected chi connectivity index (χ0v) is 9.11. The van der Waals surface area contributed by atoms with Gasteiger partial charge in [-0.3, -0.25) is 0 Å². The molecule has 0 spiro atoms. The van der Waals surface area contributed by atoms with Crippen LogP contribution in [-0.2, 0) is 0 Å². The number of benzene rings is 2. The lowest BCUT2D eigenvalue weighted by Crippen LogP contribution is -2.24. The number of hydrogen-bond acceptors (Lipinski definition) is 2. The summed E-state index contributed by atoms with van der Waals surface area (Å²) in [5.41, 5.74) is 6.99. The van der Waals surface area contributed by atoms with Gasteiger partial charge in [-0.15, -0.1) is 0 Å². The quantitative estimate of drug-likeness (QED) is 0.827. The second-order valence-electron chi connectivity index (χ2n) is 3.57. The van der Waals surface area contributed by atoms with Gasteiger partial charge in [0, 0.05) is 11.4 Å². The molecule has 0 aromatic heterocycles. The Morgan fingerprint density at radius 3 is 2.18 bits per heavy atom. The Bertz CT molecular complexity index is 497. The van der Waals surface area contributed by atoms with Gasteiger partial charge in [0.15, 0.2) is 0 Å². The second kappa shape index (κ2) is 4.93. The maximum Gasteiger partial charge on any atom is 0.125 e. The zero-order valence-electron chi connectivity index (χ0n) is 9.11.